The van der Waals surface area contributed by atoms with E-state index in [2.05, 4.69) is 5.32 Å². The van der Waals surface area contributed by atoms with Gasteiger partial charge in [0.25, 0.3) is 0 Å². The van der Waals surface area contributed by atoms with Crippen molar-refractivity contribution in [2.24, 2.45) is 0 Å². The van der Waals surface area contributed by atoms with E-state index in [9.17, 15) is 8.78 Å². The molecule has 1 N–H and O–H groups in total. The Labute approximate surface area is 121 Å². The summed E-state index contributed by atoms with van der Waals surface area (Å²) < 4.78 is 32.7. The quantitative estimate of drug-likeness (QED) is 0.876. The third kappa shape index (κ3) is 3.46. The van der Waals surface area contributed by atoms with Crippen LogP contribution in [0.15, 0.2) is 36.4 Å². The fourth-order valence-electron chi connectivity index (χ4n) is 1.72. The average Bonchev–Trinajstić information content (AvgIpc) is 2.42. The van der Waals surface area contributed by atoms with Gasteiger partial charge < -0.3 is 10.1 Å². The van der Waals surface area contributed by atoms with Gasteiger partial charge in [0.2, 0.25) is 0 Å². The molecular weight excluding hydrogens is 284 g/mol. The van der Waals surface area contributed by atoms with Crippen LogP contribution in [0.5, 0.6) is 11.5 Å². The van der Waals surface area contributed by atoms with Crippen molar-refractivity contribution in [3.63, 3.8) is 0 Å². The summed E-state index contributed by atoms with van der Waals surface area (Å²) in [4.78, 5) is 0. The van der Waals surface area contributed by atoms with E-state index in [1.54, 1.807) is 12.1 Å². The monoisotopic (exact) mass is 297 g/mol. The molecule has 2 aromatic carbocycles. The largest absolute Gasteiger partial charge is 0.457 e. The number of hydrogen-bond donors (Lipinski definition) is 1. The summed E-state index contributed by atoms with van der Waals surface area (Å²) in [6.45, 7) is 2.98. The van der Waals surface area contributed by atoms with Gasteiger partial charge in [0, 0.05) is 18.2 Å². The van der Waals surface area contributed by atoms with E-state index in [0.29, 0.717) is 24.4 Å². The summed E-state index contributed by atoms with van der Waals surface area (Å²) in [5.41, 5.74) is 0.407. The normalized spacial score (nSPS) is 10.6. The molecule has 20 heavy (non-hydrogen) atoms. The molecule has 0 aliphatic carbocycles. The highest BCUT2D eigenvalue weighted by Gasteiger charge is 2.11. The molecule has 2 nitrogen and oxygen atoms in total. The third-order valence-corrected chi connectivity index (χ3v) is 3.05. The first-order chi connectivity index (χ1) is 9.61. The van der Waals surface area contributed by atoms with Gasteiger partial charge in [0.15, 0.2) is 0 Å². The molecule has 0 aliphatic heterocycles. The highest BCUT2D eigenvalue weighted by molar-refractivity contribution is 6.30. The van der Waals surface area contributed by atoms with E-state index < -0.39 is 5.82 Å². The van der Waals surface area contributed by atoms with Gasteiger partial charge in [0.1, 0.15) is 23.1 Å². The van der Waals surface area contributed by atoms with Gasteiger partial charge in [-0.25, -0.2) is 8.78 Å². The lowest BCUT2D eigenvalue weighted by atomic mass is 10.2. The van der Waals surface area contributed by atoms with Gasteiger partial charge in [-0.2, -0.15) is 0 Å². The minimum atomic E-state index is -0.575. The van der Waals surface area contributed by atoms with Crippen molar-refractivity contribution in [2.45, 2.75) is 13.5 Å². The summed E-state index contributed by atoms with van der Waals surface area (Å²) in [7, 11) is 0. The first-order valence-electron chi connectivity index (χ1n) is 6.23. The fourth-order valence-corrected chi connectivity index (χ4v) is 1.84. The Morgan fingerprint density at radius 1 is 1.15 bits per heavy atom. The van der Waals surface area contributed by atoms with Crippen molar-refractivity contribution in [1.82, 2.24) is 5.32 Å². The minimum Gasteiger partial charge on any atom is -0.457 e. The zero-order valence-corrected chi connectivity index (χ0v) is 11.7. The number of ether oxygens (including phenoxy) is 1. The van der Waals surface area contributed by atoms with Crippen molar-refractivity contribution < 1.29 is 13.5 Å². The van der Waals surface area contributed by atoms with Gasteiger partial charge in [0.05, 0.1) is 5.02 Å². The maximum atomic E-state index is 13.8. The molecule has 0 bridgehead atoms. The van der Waals surface area contributed by atoms with Gasteiger partial charge in [-0.1, -0.05) is 24.6 Å². The molecule has 0 amide bonds. The van der Waals surface area contributed by atoms with E-state index in [1.807, 2.05) is 6.92 Å². The fraction of sp³-hybridized carbons (Fsp3) is 0.200. The van der Waals surface area contributed by atoms with Crippen molar-refractivity contribution in [1.29, 1.82) is 0 Å². The van der Waals surface area contributed by atoms with Crippen molar-refractivity contribution >= 4 is 11.6 Å². The second-order valence-corrected chi connectivity index (χ2v) is 4.58. The lowest BCUT2D eigenvalue weighted by Crippen LogP contribution is -2.13. The predicted octanol–water partition coefficient (Wildman–Crippen LogP) is 4.52. The molecule has 0 unspecified atom stereocenters. The Bertz CT molecular complexity index is 604. The van der Waals surface area contributed by atoms with Gasteiger partial charge in [-0.05, 0) is 30.8 Å². The molecule has 2 rings (SSSR count). The number of halogens is 3. The standard InChI is InChI=1S/C15H14ClF2NO/c1-2-19-9-11-13(17)4-3-5-15(11)20-10-6-7-12(16)14(18)8-10/h3-8,19H,2,9H2,1H3. The Kier molecular flexibility index (Phi) is 4.93. The SMILES string of the molecule is CCNCc1c(F)cccc1Oc1ccc(Cl)c(F)c1. The summed E-state index contributed by atoms with van der Waals surface area (Å²) in [5.74, 6) is -0.311. The van der Waals surface area contributed by atoms with Gasteiger partial charge in [-0.3, -0.25) is 0 Å². The molecule has 2 aromatic rings. The van der Waals surface area contributed by atoms with Crippen LogP contribution in [-0.4, -0.2) is 6.54 Å². The number of hydrogen-bond acceptors (Lipinski definition) is 2. The Hall–Kier alpha value is -1.65. The maximum Gasteiger partial charge on any atom is 0.145 e. The third-order valence-electron chi connectivity index (χ3n) is 2.75. The highest BCUT2D eigenvalue weighted by Crippen LogP contribution is 2.29. The molecule has 0 aliphatic rings. The van der Waals surface area contributed by atoms with Crippen molar-refractivity contribution in [2.75, 3.05) is 6.54 Å². The van der Waals surface area contributed by atoms with Gasteiger partial charge in [-0.15, -0.1) is 0 Å². The van der Waals surface area contributed by atoms with E-state index in [-0.39, 0.29) is 16.6 Å². The topological polar surface area (TPSA) is 21.3 Å². The van der Waals surface area contributed by atoms with Crippen LogP contribution in [0.4, 0.5) is 8.78 Å². The van der Waals surface area contributed by atoms with Crippen LogP contribution >= 0.6 is 11.6 Å². The molecule has 0 radical (unpaired) electrons. The molecular formula is C15H14ClF2NO. The molecule has 0 aromatic heterocycles. The van der Waals surface area contributed by atoms with Crippen LogP contribution in [0.1, 0.15) is 12.5 Å². The van der Waals surface area contributed by atoms with Crippen LogP contribution in [0.25, 0.3) is 0 Å². The van der Waals surface area contributed by atoms with Crippen LogP contribution in [0.3, 0.4) is 0 Å². The lowest BCUT2D eigenvalue weighted by Gasteiger charge is -2.12. The van der Waals surface area contributed by atoms with E-state index in [1.165, 1.54) is 24.3 Å². The summed E-state index contributed by atoms with van der Waals surface area (Å²) in [6.07, 6.45) is 0. The molecule has 0 saturated heterocycles. The van der Waals surface area contributed by atoms with E-state index in [0.717, 1.165) is 0 Å². The van der Waals surface area contributed by atoms with Crippen molar-refractivity contribution in [3.8, 4) is 11.5 Å². The lowest BCUT2D eigenvalue weighted by molar-refractivity contribution is 0.458. The Balaban J connectivity index is 2.28. The average molecular weight is 298 g/mol. The van der Waals surface area contributed by atoms with Crippen LogP contribution in [0.2, 0.25) is 5.02 Å². The summed E-state index contributed by atoms with van der Waals surface area (Å²) in [5, 5.41) is 3.05. The molecule has 0 fully saturated rings. The van der Waals surface area contributed by atoms with E-state index >= 15 is 0 Å². The second-order valence-electron chi connectivity index (χ2n) is 4.17. The van der Waals surface area contributed by atoms with Gasteiger partial charge >= 0.3 is 0 Å². The predicted molar refractivity (Wildman–Crippen MR) is 75.3 cm³/mol. The Morgan fingerprint density at radius 2 is 1.95 bits per heavy atom. The number of rotatable bonds is 5. The zero-order chi connectivity index (χ0) is 14.5. The molecule has 0 atom stereocenters. The van der Waals surface area contributed by atoms with Crippen LogP contribution in [-0.2, 0) is 6.54 Å². The molecule has 0 spiro atoms. The van der Waals surface area contributed by atoms with E-state index in [4.69, 9.17) is 16.3 Å². The van der Waals surface area contributed by atoms with Crippen LogP contribution < -0.4 is 10.1 Å². The zero-order valence-electron chi connectivity index (χ0n) is 10.9. The van der Waals surface area contributed by atoms with Crippen molar-refractivity contribution in [3.05, 3.63) is 58.6 Å². The molecule has 0 saturated carbocycles. The number of benzene rings is 2. The summed E-state index contributed by atoms with van der Waals surface area (Å²) >= 11 is 5.61. The smallest absolute Gasteiger partial charge is 0.145 e. The molecule has 5 heteroatoms. The minimum absolute atomic E-state index is 0.0180. The first kappa shape index (κ1) is 14.8. The Morgan fingerprint density at radius 3 is 2.65 bits per heavy atom. The molecule has 0 heterocycles. The maximum absolute atomic E-state index is 13.8. The van der Waals surface area contributed by atoms with Crippen LogP contribution in [0, 0.1) is 11.6 Å². The second kappa shape index (κ2) is 6.68. The molecule has 106 valence electrons. The highest BCUT2D eigenvalue weighted by atomic mass is 35.5. The first-order valence-corrected chi connectivity index (χ1v) is 6.60. The number of nitrogens with one attached hydrogen (secondary N) is 1. The summed E-state index contributed by atoms with van der Waals surface area (Å²) in [6, 6.07) is 8.66.